The van der Waals surface area contributed by atoms with Gasteiger partial charge in [0.05, 0.1) is 0 Å². The zero-order chi connectivity index (χ0) is 13.1. The highest BCUT2D eigenvalue weighted by Gasteiger charge is 2.22. The molecule has 0 aliphatic heterocycles. The number of aryl methyl sites for hydroxylation is 1. The zero-order valence-corrected chi connectivity index (χ0v) is 11.6. The van der Waals surface area contributed by atoms with E-state index in [0.717, 1.165) is 12.1 Å². The molecular weight excluding hydrogens is 210 g/mol. The molecule has 1 rings (SSSR count). The lowest BCUT2D eigenvalue weighted by Crippen LogP contribution is -2.30. The first-order valence-electron chi connectivity index (χ1n) is 6.19. The summed E-state index contributed by atoms with van der Waals surface area (Å²) in [6.45, 7) is 8.44. The number of nitrogens with zero attached hydrogens (tertiary/aromatic N) is 1. The molecule has 0 unspecified atom stereocenters. The van der Waals surface area contributed by atoms with Crippen LogP contribution in [0.3, 0.4) is 0 Å². The zero-order valence-electron chi connectivity index (χ0n) is 11.6. The monoisotopic (exact) mass is 233 g/mol. The third-order valence-electron chi connectivity index (χ3n) is 3.38. The average molecular weight is 233 g/mol. The summed E-state index contributed by atoms with van der Waals surface area (Å²) in [4.78, 5) is 13.9. The van der Waals surface area contributed by atoms with Crippen LogP contribution in [0.1, 0.15) is 39.2 Å². The van der Waals surface area contributed by atoms with E-state index in [1.165, 1.54) is 5.56 Å². The Morgan fingerprint density at radius 3 is 2.24 bits per heavy atom. The highest BCUT2D eigenvalue weighted by atomic mass is 16.2. The van der Waals surface area contributed by atoms with Gasteiger partial charge in [-0.25, -0.2) is 0 Å². The van der Waals surface area contributed by atoms with Gasteiger partial charge in [0.2, 0.25) is 5.91 Å². The highest BCUT2D eigenvalue weighted by molar-refractivity contribution is 5.93. The standard InChI is InChI=1S/C15H23NO/c1-6-15(3,4)11-14(17)16(5)13-9-7-12(2)8-10-13/h7-10H,6,11H2,1-5H3. The normalized spacial score (nSPS) is 11.4. The summed E-state index contributed by atoms with van der Waals surface area (Å²) in [5.74, 6) is 0.181. The van der Waals surface area contributed by atoms with Crippen molar-refractivity contribution in [3.8, 4) is 0 Å². The smallest absolute Gasteiger partial charge is 0.227 e. The first kappa shape index (κ1) is 13.8. The average Bonchev–Trinajstić information content (AvgIpc) is 2.28. The first-order chi connectivity index (χ1) is 7.85. The van der Waals surface area contributed by atoms with Gasteiger partial charge in [0, 0.05) is 19.2 Å². The van der Waals surface area contributed by atoms with Crippen LogP contribution in [0.25, 0.3) is 0 Å². The van der Waals surface area contributed by atoms with Crippen LogP contribution in [0.4, 0.5) is 5.69 Å². The predicted octanol–water partition coefficient (Wildman–Crippen LogP) is 3.78. The van der Waals surface area contributed by atoms with Gasteiger partial charge < -0.3 is 4.90 Å². The van der Waals surface area contributed by atoms with Crippen LogP contribution in [0.15, 0.2) is 24.3 Å². The molecule has 0 aliphatic rings. The van der Waals surface area contributed by atoms with Crippen molar-refractivity contribution in [1.29, 1.82) is 0 Å². The molecule has 0 aromatic heterocycles. The minimum Gasteiger partial charge on any atom is -0.315 e. The number of anilines is 1. The molecule has 0 bridgehead atoms. The Bertz CT molecular complexity index is 378. The lowest BCUT2D eigenvalue weighted by atomic mass is 9.86. The Kier molecular flexibility index (Phi) is 4.33. The van der Waals surface area contributed by atoms with Gasteiger partial charge in [-0.05, 0) is 24.5 Å². The SMILES string of the molecule is CCC(C)(C)CC(=O)N(C)c1ccc(C)cc1. The Morgan fingerprint density at radius 2 is 1.76 bits per heavy atom. The number of amides is 1. The fraction of sp³-hybridized carbons (Fsp3) is 0.533. The maximum Gasteiger partial charge on any atom is 0.227 e. The van der Waals surface area contributed by atoms with E-state index in [-0.39, 0.29) is 11.3 Å². The number of carbonyl (C=O) groups excluding carboxylic acids is 1. The molecule has 0 radical (unpaired) electrons. The quantitative estimate of drug-likeness (QED) is 0.775. The molecule has 0 atom stereocenters. The molecule has 94 valence electrons. The van der Waals surface area contributed by atoms with Gasteiger partial charge in [-0.15, -0.1) is 0 Å². The molecule has 1 amide bonds. The first-order valence-corrected chi connectivity index (χ1v) is 6.19. The molecule has 0 saturated carbocycles. The maximum atomic E-state index is 12.1. The molecule has 0 aliphatic carbocycles. The second kappa shape index (κ2) is 5.35. The van der Waals surface area contributed by atoms with Gasteiger partial charge in [0.15, 0.2) is 0 Å². The second-order valence-electron chi connectivity index (χ2n) is 5.48. The van der Waals surface area contributed by atoms with E-state index in [9.17, 15) is 4.79 Å². The summed E-state index contributed by atoms with van der Waals surface area (Å²) < 4.78 is 0. The van der Waals surface area contributed by atoms with E-state index in [1.807, 2.05) is 38.2 Å². The predicted molar refractivity (Wildman–Crippen MR) is 73.3 cm³/mol. The van der Waals surface area contributed by atoms with Crippen molar-refractivity contribution in [2.24, 2.45) is 5.41 Å². The third-order valence-corrected chi connectivity index (χ3v) is 3.38. The van der Waals surface area contributed by atoms with Crippen LogP contribution in [-0.2, 0) is 4.79 Å². The molecule has 0 spiro atoms. The Labute approximate surface area is 105 Å². The van der Waals surface area contributed by atoms with E-state index >= 15 is 0 Å². The number of hydrogen-bond acceptors (Lipinski definition) is 1. The van der Waals surface area contributed by atoms with Crippen LogP contribution in [0.5, 0.6) is 0 Å². The second-order valence-corrected chi connectivity index (χ2v) is 5.48. The molecular formula is C15H23NO. The Morgan fingerprint density at radius 1 is 1.24 bits per heavy atom. The van der Waals surface area contributed by atoms with E-state index < -0.39 is 0 Å². The molecule has 0 heterocycles. The Balaban J connectivity index is 2.73. The highest BCUT2D eigenvalue weighted by Crippen LogP contribution is 2.26. The van der Waals surface area contributed by atoms with Crippen molar-refractivity contribution >= 4 is 11.6 Å². The van der Waals surface area contributed by atoms with Crippen molar-refractivity contribution in [1.82, 2.24) is 0 Å². The molecule has 2 nitrogen and oxygen atoms in total. The van der Waals surface area contributed by atoms with Crippen molar-refractivity contribution < 1.29 is 4.79 Å². The number of rotatable bonds is 4. The largest absolute Gasteiger partial charge is 0.315 e. The van der Waals surface area contributed by atoms with Gasteiger partial charge in [0.25, 0.3) is 0 Å². The van der Waals surface area contributed by atoms with Crippen LogP contribution in [0, 0.1) is 12.3 Å². The van der Waals surface area contributed by atoms with Crippen LogP contribution in [0.2, 0.25) is 0 Å². The van der Waals surface area contributed by atoms with Crippen molar-refractivity contribution in [3.63, 3.8) is 0 Å². The van der Waals surface area contributed by atoms with E-state index in [1.54, 1.807) is 4.90 Å². The molecule has 1 aromatic rings. The molecule has 0 saturated heterocycles. The van der Waals surface area contributed by atoms with Gasteiger partial charge in [-0.3, -0.25) is 4.79 Å². The van der Waals surface area contributed by atoms with Crippen LogP contribution < -0.4 is 4.90 Å². The van der Waals surface area contributed by atoms with Gasteiger partial charge in [0.1, 0.15) is 0 Å². The molecule has 0 N–H and O–H groups in total. The topological polar surface area (TPSA) is 20.3 Å². The molecule has 2 heteroatoms. The van der Waals surface area contributed by atoms with Gasteiger partial charge >= 0.3 is 0 Å². The number of benzene rings is 1. The van der Waals surface area contributed by atoms with E-state index in [0.29, 0.717) is 6.42 Å². The van der Waals surface area contributed by atoms with Crippen LogP contribution >= 0.6 is 0 Å². The van der Waals surface area contributed by atoms with Gasteiger partial charge in [-0.2, -0.15) is 0 Å². The summed E-state index contributed by atoms with van der Waals surface area (Å²) in [6, 6.07) is 8.05. The fourth-order valence-electron chi connectivity index (χ4n) is 1.57. The molecule has 1 aromatic carbocycles. The summed E-state index contributed by atoms with van der Waals surface area (Å²) in [6.07, 6.45) is 1.61. The minimum absolute atomic E-state index is 0.0794. The minimum atomic E-state index is 0.0794. The lowest BCUT2D eigenvalue weighted by Gasteiger charge is -2.25. The van der Waals surface area contributed by atoms with Crippen molar-refractivity contribution in [3.05, 3.63) is 29.8 Å². The summed E-state index contributed by atoms with van der Waals surface area (Å²) in [5, 5.41) is 0. The number of hydrogen-bond donors (Lipinski definition) is 0. The summed E-state index contributed by atoms with van der Waals surface area (Å²) >= 11 is 0. The van der Waals surface area contributed by atoms with Crippen LogP contribution in [-0.4, -0.2) is 13.0 Å². The molecule has 17 heavy (non-hydrogen) atoms. The van der Waals surface area contributed by atoms with E-state index in [4.69, 9.17) is 0 Å². The Hall–Kier alpha value is -1.31. The fourth-order valence-corrected chi connectivity index (χ4v) is 1.57. The van der Waals surface area contributed by atoms with E-state index in [2.05, 4.69) is 20.8 Å². The maximum absolute atomic E-state index is 12.1. The summed E-state index contributed by atoms with van der Waals surface area (Å²) in [5.41, 5.74) is 2.26. The lowest BCUT2D eigenvalue weighted by molar-refractivity contribution is -0.120. The third kappa shape index (κ3) is 3.88. The van der Waals surface area contributed by atoms with Crippen molar-refractivity contribution in [2.45, 2.75) is 40.5 Å². The molecule has 0 fully saturated rings. The van der Waals surface area contributed by atoms with Gasteiger partial charge in [-0.1, -0.05) is 44.9 Å². The summed E-state index contributed by atoms with van der Waals surface area (Å²) in [7, 11) is 1.85. The number of carbonyl (C=O) groups is 1. The van der Waals surface area contributed by atoms with Crippen molar-refractivity contribution in [2.75, 3.05) is 11.9 Å².